The van der Waals surface area contributed by atoms with Gasteiger partial charge in [0.15, 0.2) is 5.82 Å². The van der Waals surface area contributed by atoms with E-state index in [0.717, 1.165) is 32.5 Å². The van der Waals surface area contributed by atoms with E-state index in [0.29, 0.717) is 5.82 Å². The number of halogens is 1. The molecule has 2 N–H and O–H groups in total. The number of anilines is 1. The zero-order chi connectivity index (χ0) is 15.0. The molecule has 0 aliphatic heterocycles. The van der Waals surface area contributed by atoms with Gasteiger partial charge < -0.3 is 5.73 Å². The average molecular weight is 344 g/mol. The summed E-state index contributed by atoms with van der Waals surface area (Å²) in [4.78, 5) is 0. The number of nitrogens with zero attached hydrogens (tertiary/aromatic N) is 4. The Morgan fingerprint density at radius 1 is 1.05 bits per heavy atom. The largest absolute Gasteiger partial charge is 0.399 e. The molecule has 0 unspecified atom stereocenters. The van der Waals surface area contributed by atoms with Crippen LogP contribution in [0.1, 0.15) is 11.1 Å². The average Bonchev–Trinajstić information content (AvgIpc) is 2.91. The third kappa shape index (κ3) is 2.54. The molecule has 6 heteroatoms. The van der Waals surface area contributed by atoms with Crippen LogP contribution in [0.3, 0.4) is 0 Å². The molecular weight excluding hydrogens is 330 g/mol. The highest BCUT2D eigenvalue weighted by Gasteiger charge is 2.13. The molecule has 0 bridgehead atoms. The molecule has 0 spiro atoms. The minimum atomic E-state index is 0.703. The zero-order valence-corrected chi connectivity index (χ0v) is 13.3. The molecule has 0 saturated heterocycles. The lowest BCUT2D eigenvalue weighted by Gasteiger charge is -2.09. The minimum absolute atomic E-state index is 0.703. The van der Waals surface area contributed by atoms with E-state index in [9.17, 15) is 0 Å². The van der Waals surface area contributed by atoms with Crippen molar-refractivity contribution < 1.29 is 0 Å². The van der Waals surface area contributed by atoms with Gasteiger partial charge in [0.05, 0.1) is 5.69 Å². The Kier molecular flexibility index (Phi) is 3.47. The number of hydrogen-bond acceptors (Lipinski definition) is 4. The normalized spacial score (nSPS) is 10.8. The number of benzene rings is 2. The Hall–Kier alpha value is -2.21. The van der Waals surface area contributed by atoms with Gasteiger partial charge in [0.25, 0.3) is 0 Å². The molecular formula is C15H14BrN5. The lowest BCUT2D eigenvalue weighted by molar-refractivity contribution is 0.790. The Morgan fingerprint density at radius 2 is 1.86 bits per heavy atom. The maximum absolute atomic E-state index is 5.80. The molecule has 0 radical (unpaired) electrons. The van der Waals surface area contributed by atoms with E-state index in [2.05, 4.69) is 31.5 Å². The van der Waals surface area contributed by atoms with Crippen molar-refractivity contribution in [2.24, 2.45) is 0 Å². The molecule has 5 nitrogen and oxygen atoms in total. The SMILES string of the molecule is Cc1cc(-n2nnnc2-c2ccc(N)cc2C)ccc1Br. The third-order valence-corrected chi connectivity index (χ3v) is 4.24. The van der Waals surface area contributed by atoms with Crippen molar-refractivity contribution in [2.75, 3.05) is 5.73 Å². The van der Waals surface area contributed by atoms with Gasteiger partial charge in [-0.05, 0) is 71.8 Å². The summed E-state index contributed by atoms with van der Waals surface area (Å²) >= 11 is 3.50. The number of nitrogens with two attached hydrogens (primary N) is 1. The van der Waals surface area contributed by atoms with Crippen LogP contribution in [0, 0.1) is 13.8 Å². The lowest BCUT2D eigenvalue weighted by Crippen LogP contribution is -2.01. The zero-order valence-electron chi connectivity index (χ0n) is 11.7. The van der Waals surface area contributed by atoms with Crippen molar-refractivity contribution in [2.45, 2.75) is 13.8 Å². The Balaban J connectivity index is 2.14. The highest BCUT2D eigenvalue weighted by atomic mass is 79.9. The van der Waals surface area contributed by atoms with Crippen molar-refractivity contribution >= 4 is 21.6 Å². The van der Waals surface area contributed by atoms with Crippen LogP contribution < -0.4 is 5.73 Å². The molecule has 3 rings (SSSR count). The number of hydrogen-bond donors (Lipinski definition) is 1. The molecule has 0 saturated carbocycles. The lowest BCUT2D eigenvalue weighted by atomic mass is 10.1. The molecule has 0 fully saturated rings. The molecule has 0 atom stereocenters. The maximum Gasteiger partial charge on any atom is 0.187 e. The highest BCUT2D eigenvalue weighted by Crippen LogP contribution is 2.26. The van der Waals surface area contributed by atoms with Gasteiger partial charge in [-0.3, -0.25) is 0 Å². The van der Waals surface area contributed by atoms with Crippen molar-refractivity contribution in [3.8, 4) is 17.1 Å². The van der Waals surface area contributed by atoms with E-state index in [1.807, 2.05) is 50.2 Å². The summed E-state index contributed by atoms with van der Waals surface area (Å²) in [6.45, 7) is 4.03. The number of tetrazole rings is 1. The predicted molar refractivity (Wildman–Crippen MR) is 86.2 cm³/mol. The van der Waals surface area contributed by atoms with Crippen molar-refractivity contribution in [3.05, 3.63) is 52.0 Å². The van der Waals surface area contributed by atoms with Crippen LogP contribution in [0.15, 0.2) is 40.9 Å². The molecule has 2 aromatic carbocycles. The van der Waals surface area contributed by atoms with E-state index in [-0.39, 0.29) is 0 Å². The number of aryl methyl sites for hydroxylation is 2. The molecule has 0 amide bonds. The predicted octanol–water partition coefficient (Wildman–Crippen LogP) is 3.29. The standard InChI is InChI=1S/C15H14BrN5/c1-9-7-11(17)3-5-13(9)15-18-19-20-21(15)12-4-6-14(16)10(2)8-12/h3-8H,17H2,1-2H3. The van der Waals surface area contributed by atoms with Gasteiger partial charge in [-0.1, -0.05) is 15.9 Å². The molecule has 1 heterocycles. The molecule has 0 aliphatic carbocycles. The van der Waals surface area contributed by atoms with Crippen LogP contribution in [0.4, 0.5) is 5.69 Å². The number of nitrogen functional groups attached to an aromatic ring is 1. The summed E-state index contributed by atoms with van der Waals surface area (Å²) in [6.07, 6.45) is 0. The van der Waals surface area contributed by atoms with E-state index < -0.39 is 0 Å². The fourth-order valence-corrected chi connectivity index (χ4v) is 2.47. The fourth-order valence-electron chi connectivity index (χ4n) is 2.23. The first-order valence-electron chi connectivity index (χ1n) is 6.47. The van der Waals surface area contributed by atoms with E-state index >= 15 is 0 Å². The van der Waals surface area contributed by atoms with Crippen molar-refractivity contribution in [1.29, 1.82) is 0 Å². The topological polar surface area (TPSA) is 69.6 Å². The van der Waals surface area contributed by atoms with Crippen molar-refractivity contribution in [3.63, 3.8) is 0 Å². The van der Waals surface area contributed by atoms with E-state index in [1.165, 1.54) is 0 Å². The van der Waals surface area contributed by atoms with E-state index in [1.54, 1.807) is 4.68 Å². The molecule has 3 aromatic rings. The van der Waals surface area contributed by atoms with E-state index in [4.69, 9.17) is 5.73 Å². The van der Waals surface area contributed by atoms with Crippen LogP contribution >= 0.6 is 15.9 Å². The first-order chi connectivity index (χ1) is 10.1. The van der Waals surface area contributed by atoms with Crippen LogP contribution in [0.5, 0.6) is 0 Å². The fraction of sp³-hybridized carbons (Fsp3) is 0.133. The number of aromatic nitrogens is 4. The monoisotopic (exact) mass is 343 g/mol. The van der Waals surface area contributed by atoms with Crippen LogP contribution in [0.2, 0.25) is 0 Å². The van der Waals surface area contributed by atoms with Gasteiger partial charge in [-0.2, -0.15) is 4.68 Å². The summed E-state index contributed by atoms with van der Waals surface area (Å²) in [6, 6.07) is 11.7. The Morgan fingerprint density at radius 3 is 2.57 bits per heavy atom. The van der Waals surface area contributed by atoms with Gasteiger partial charge in [-0.25, -0.2) is 0 Å². The molecule has 0 aliphatic rings. The maximum atomic E-state index is 5.80. The Labute approximate surface area is 130 Å². The minimum Gasteiger partial charge on any atom is -0.399 e. The second-order valence-electron chi connectivity index (χ2n) is 4.92. The highest BCUT2D eigenvalue weighted by molar-refractivity contribution is 9.10. The van der Waals surface area contributed by atoms with Crippen molar-refractivity contribution in [1.82, 2.24) is 20.2 Å². The molecule has 1 aromatic heterocycles. The smallest absolute Gasteiger partial charge is 0.187 e. The summed E-state index contributed by atoms with van der Waals surface area (Å²) in [5.41, 5.74) is 10.6. The second-order valence-corrected chi connectivity index (χ2v) is 5.78. The van der Waals surface area contributed by atoms with Crippen LogP contribution in [-0.2, 0) is 0 Å². The first kappa shape index (κ1) is 13.8. The second kappa shape index (κ2) is 5.29. The quantitative estimate of drug-likeness (QED) is 0.725. The number of rotatable bonds is 2. The molecule has 21 heavy (non-hydrogen) atoms. The van der Waals surface area contributed by atoms with Gasteiger partial charge in [0.1, 0.15) is 0 Å². The summed E-state index contributed by atoms with van der Waals surface area (Å²) in [5, 5.41) is 12.1. The van der Waals surface area contributed by atoms with Gasteiger partial charge in [-0.15, -0.1) is 5.10 Å². The molecule has 106 valence electrons. The third-order valence-electron chi connectivity index (χ3n) is 3.35. The summed E-state index contributed by atoms with van der Waals surface area (Å²) < 4.78 is 2.79. The Bertz CT molecular complexity index is 810. The van der Waals surface area contributed by atoms with Crippen LogP contribution in [0.25, 0.3) is 17.1 Å². The van der Waals surface area contributed by atoms with Gasteiger partial charge in [0, 0.05) is 15.7 Å². The van der Waals surface area contributed by atoms with Gasteiger partial charge in [0.2, 0.25) is 0 Å². The summed E-state index contributed by atoms with van der Waals surface area (Å²) in [7, 11) is 0. The van der Waals surface area contributed by atoms with Gasteiger partial charge >= 0.3 is 0 Å². The summed E-state index contributed by atoms with van der Waals surface area (Å²) in [5.74, 6) is 0.703. The first-order valence-corrected chi connectivity index (χ1v) is 7.27. The van der Waals surface area contributed by atoms with Crippen LogP contribution in [-0.4, -0.2) is 20.2 Å².